The highest BCUT2D eigenvalue weighted by molar-refractivity contribution is 6.21. The van der Waals surface area contributed by atoms with Gasteiger partial charge in [0.25, 0.3) is 0 Å². The summed E-state index contributed by atoms with van der Waals surface area (Å²) in [7, 11) is 0. The molecule has 0 saturated carbocycles. The van der Waals surface area contributed by atoms with Crippen molar-refractivity contribution in [1.82, 2.24) is 14.1 Å². The number of benzene rings is 7. The summed E-state index contributed by atoms with van der Waals surface area (Å²) >= 11 is 0. The average molecular weight is 610 g/mol. The molecule has 0 unspecified atom stereocenters. The zero-order valence-electron chi connectivity index (χ0n) is 25.9. The molecule has 1 aliphatic carbocycles. The minimum absolute atomic E-state index is 0.953. The predicted molar refractivity (Wildman–Crippen MR) is 200 cm³/mol. The van der Waals surface area contributed by atoms with Gasteiger partial charge in [-0.3, -0.25) is 4.57 Å². The van der Waals surface area contributed by atoms with E-state index < -0.39 is 0 Å². The van der Waals surface area contributed by atoms with Crippen LogP contribution in [0, 0.1) is 0 Å². The molecule has 7 aromatic carbocycles. The Morgan fingerprint density at radius 3 is 1.38 bits per heavy atom. The Kier molecular flexibility index (Phi) is 5.11. The second kappa shape index (κ2) is 9.54. The van der Waals surface area contributed by atoms with Gasteiger partial charge in [0.1, 0.15) is 5.82 Å². The van der Waals surface area contributed by atoms with Crippen molar-refractivity contribution >= 4 is 54.4 Å². The molecule has 222 valence electrons. The third kappa shape index (κ3) is 3.30. The zero-order valence-corrected chi connectivity index (χ0v) is 25.9. The first kappa shape index (κ1) is 25.7. The fourth-order valence-electron chi connectivity index (χ4n) is 8.33. The van der Waals surface area contributed by atoms with E-state index in [1.54, 1.807) is 0 Å². The second-order valence-electron chi connectivity index (χ2n) is 12.7. The van der Waals surface area contributed by atoms with Crippen LogP contribution in [-0.4, -0.2) is 14.1 Å². The Balaban J connectivity index is 1.42. The number of nitrogens with zero attached hydrogens (tertiary/aromatic N) is 3. The lowest BCUT2D eigenvalue weighted by Crippen LogP contribution is -2.08. The lowest BCUT2D eigenvalue weighted by atomic mass is 9.97. The molecule has 3 aromatic heterocycles. The van der Waals surface area contributed by atoms with Crippen LogP contribution in [0.15, 0.2) is 164 Å². The monoisotopic (exact) mass is 609 g/mol. The summed E-state index contributed by atoms with van der Waals surface area (Å²) < 4.78 is 4.87. The van der Waals surface area contributed by atoms with E-state index >= 15 is 0 Å². The molecule has 3 heteroatoms. The van der Waals surface area contributed by atoms with Crippen molar-refractivity contribution in [2.75, 3.05) is 0 Å². The standard InChI is InChI=1S/C45H27N3/c1-2-14-29(15-3-1)43-44(47-36-24-8-4-18-30(36)31-19-5-9-25-37(31)47)41-34-22-12-16-28-17-13-23-35(40(28)34)42(41)45(46-43)48-38-26-10-6-20-32(38)33-21-7-11-27-39(33)48/h1-27H. The Bertz CT molecular complexity index is 2830. The molecule has 0 saturated heterocycles. The number of rotatable bonds is 3. The number of para-hydroxylation sites is 4. The molecule has 0 bridgehead atoms. The van der Waals surface area contributed by atoms with Gasteiger partial charge < -0.3 is 4.57 Å². The van der Waals surface area contributed by atoms with Gasteiger partial charge in [-0.15, -0.1) is 0 Å². The van der Waals surface area contributed by atoms with Gasteiger partial charge in [0.2, 0.25) is 0 Å². The highest BCUT2D eigenvalue weighted by Crippen LogP contribution is 2.55. The number of hydrogen-bond donors (Lipinski definition) is 0. The molecule has 0 fully saturated rings. The summed E-state index contributed by atoms with van der Waals surface area (Å²) in [6, 6.07) is 59.2. The minimum atomic E-state index is 0.953. The van der Waals surface area contributed by atoms with Crippen molar-refractivity contribution in [2.24, 2.45) is 0 Å². The van der Waals surface area contributed by atoms with Crippen LogP contribution in [0.4, 0.5) is 0 Å². The van der Waals surface area contributed by atoms with E-state index in [0.29, 0.717) is 0 Å². The largest absolute Gasteiger partial charge is 0.306 e. The van der Waals surface area contributed by atoms with Gasteiger partial charge in [-0.25, -0.2) is 4.98 Å². The van der Waals surface area contributed by atoms with Gasteiger partial charge in [0.15, 0.2) is 0 Å². The van der Waals surface area contributed by atoms with Crippen LogP contribution in [0.2, 0.25) is 0 Å². The SMILES string of the molecule is c1ccc(-c2nc(-n3c4ccccc4c4ccccc43)c3c(c2-n2c4ccccc4c4ccccc42)-c2cccc4cccc-3c24)cc1. The molecule has 0 atom stereocenters. The highest BCUT2D eigenvalue weighted by atomic mass is 15.1. The zero-order chi connectivity index (χ0) is 31.3. The molecule has 0 radical (unpaired) electrons. The first-order valence-corrected chi connectivity index (χ1v) is 16.5. The van der Waals surface area contributed by atoms with Crippen molar-refractivity contribution in [3.63, 3.8) is 0 Å². The van der Waals surface area contributed by atoms with Crippen LogP contribution in [0.1, 0.15) is 0 Å². The molecule has 10 aromatic rings. The smallest absolute Gasteiger partial charge is 0.147 e. The molecule has 11 rings (SSSR count). The third-order valence-electron chi connectivity index (χ3n) is 10.2. The number of aromatic nitrogens is 3. The van der Waals surface area contributed by atoms with E-state index in [1.165, 1.54) is 65.6 Å². The van der Waals surface area contributed by atoms with E-state index in [4.69, 9.17) is 4.98 Å². The maximum atomic E-state index is 5.84. The van der Waals surface area contributed by atoms with E-state index in [1.807, 2.05) is 0 Å². The molecule has 3 heterocycles. The van der Waals surface area contributed by atoms with Crippen LogP contribution in [0.5, 0.6) is 0 Å². The van der Waals surface area contributed by atoms with Gasteiger partial charge >= 0.3 is 0 Å². The Hall–Kier alpha value is -6.45. The molecular formula is C45H27N3. The molecule has 1 aliphatic rings. The summed E-state index contributed by atoms with van der Waals surface area (Å²) in [5, 5.41) is 7.45. The van der Waals surface area contributed by atoms with Gasteiger partial charge in [-0.05, 0) is 46.2 Å². The van der Waals surface area contributed by atoms with Gasteiger partial charge in [-0.2, -0.15) is 0 Å². The molecule has 48 heavy (non-hydrogen) atoms. The third-order valence-corrected chi connectivity index (χ3v) is 10.2. The van der Waals surface area contributed by atoms with Crippen LogP contribution < -0.4 is 0 Å². The second-order valence-corrected chi connectivity index (χ2v) is 12.7. The van der Waals surface area contributed by atoms with Crippen molar-refractivity contribution in [2.45, 2.75) is 0 Å². The first-order valence-electron chi connectivity index (χ1n) is 16.5. The lowest BCUT2D eigenvalue weighted by molar-refractivity contribution is 1.07. The molecule has 0 spiro atoms. The van der Waals surface area contributed by atoms with Gasteiger partial charge in [-0.1, -0.05) is 140 Å². The summed E-state index contributed by atoms with van der Waals surface area (Å²) in [5.41, 5.74) is 12.7. The average Bonchev–Trinajstić information content (AvgIpc) is 3.79. The molecule has 3 nitrogen and oxygen atoms in total. The van der Waals surface area contributed by atoms with Crippen LogP contribution >= 0.6 is 0 Å². The fraction of sp³-hybridized carbons (Fsp3) is 0. The predicted octanol–water partition coefficient (Wildman–Crippen LogP) is 11.7. The van der Waals surface area contributed by atoms with Crippen LogP contribution in [-0.2, 0) is 0 Å². The molecule has 0 N–H and O–H groups in total. The van der Waals surface area contributed by atoms with Crippen LogP contribution in [0.25, 0.3) is 99.4 Å². The van der Waals surface area contributed by atoms with Gasteiger partial charge in [0.05, 0.1) is 33.4 Å². The topological polar surface area (TPSA) is 22.8 Å². The molecule has 0 amide bonds. The van der Waals surface area contributed by atoms with Crippen molar-refractivity contribution in [1.29, 1.82) is 0 Å². The van der Waals surface area contributed by atoms with E-state index in [2.05, 4.69) is 173 Å². The quantitative estimate of drug-likeness (QED) is 0.195. The maximum absolute atomic E-state index is 5.84. The van der Waals surface area contributed by atoms with Crippen molar-refractivity contribution in [3.8, 4) is 45.0 Å². The number of hydrogen-bond acceptors (Lipinski definition) is 1. The highest BCUT2D eigenvalue weighted by Gasteiger charge is 2.33. The maximum Gasteiger partial charge on any atom is 0.147 e. The summed E-state index contributed by atoms with van der Waals surface area (Å²) in [5.74, 6) is 0.953. The summed E-state index contributed by atoms with van der Waals surface area (Å²) in [6.45, 7) is 0. The Morgan fingerprint density at radius 1 is 0.375 bits per heavy atom. The lowest BCUT2D eigenvalue weighted by Gasteiger charge is -2.22. The van der Waals surface area contributed by atoms with E-state index in [-0.39, 0.29) is 0 Å². The van der Waals surface area contributed by atoms with Crippen LogP contribution in [0.3, 0.4) is 0 Å². The summed E-state index contributed by atoms with van der Waals surface area (Å²) in [4.78, 5) is 5.84. The molecular weight excluding hydrogens is 583 g/mol. The van der Waals surface area contributed by atoms with Gasteiger partial charge in [0, 0.05) is 38.2 Å². The minimum Gasteiger partial charge on any atom is -0.306 e. The number of fused-ring (bicyclic) bond motifs is 9. The Morgan fingerprint density at radius 2 is 0.833 bits per heavy atom. The number of pyridine rings is 1. The van der Waals surface area contributed by atoms with Crippen molar-refractivity contribution < 1.29 is 0 Å². The summed E-state index contributed by atoms with van der Waals surface area (Å²) in [6.07, 6.45) is 0. The fourth-order valence-corrected chi connectivity index (χ4v) is 8.33. The van der Waals surface area contributed by atoms with E-state index in [9.17, 15) is 0 Å². The first-order chi connectivity index (χ1) is 23.9. The Labute approximate surface area is 276 Å². The molecule has 0 aliphatic heterocycles. The van der Waals surface area contributed by atoms with E-state index in [0.717, 1.165) is 33.8 Å². The van der Waals surface area contributed by atoms with Crippen molar-refractivity contribution in [3.05, 3.63) is 164 Å². The normalized spacial score (nSPS) is 12.2.